The van der Waals surface area contributed by atoms with E-state index in [-0.39, 0.29) is 18.5 Å². The molecule has 0 fully saturated rings. The summed E-state index contributed by atoms with van der Waals surface area (Å²) in [6.07, 6.45) is 0. The first-order valence-corrected chi connectivity index (χ1v) is 6.61. The van der Waals surface area contributed by atoms with Gasteiger partial charge in [-0.15, -0.1) is 0 Å². The Labute approximate surface area is 119 Å². The number of hydrogen-bond acceptors (Lipinski definition) is 3. The van der Waals surface area contributed by atoms with E-state index in [4.69, 9.17) is 5.11 Å². The average molecular weight is 278 g/mol. The monoisotopic (exact) mass is 278 g/mol. The van der Waals surface area contributed by atoms with E-state index in [2.05, 4.69) is 5.32 Å². The first-order chi connectivity index (χ1) is 9.32. The second-order valence-corrected chi connectivity index (χ2v) is 5.08. The molecule has 1 amide bonds. The van der Waals surface area contributed by atoms with Gasteiger partial charge in [0.2, 0.25) is 5.91 Å². The summed E-state index contributed by atoms with van der Waals surface area (Å²) in [5, 5.41) is 11.8. The lowest BCUT2D eigenvalue weighted by molar-refractivity contribution is -0.142. The molecule has 110 valence electrons. The molecule has 1 rings (SSSR count). The van der Waals surface area contributed by atoms with Crippen LogP contribution in [0.1, 0.15) is 31.0 Å². The molecule has 1 aromatic rings. The van der Waals surface area contributed by atoms with Crippen LogP contribution >= 0.6 is 0 Å². The number of aryl methyl sites for hydroxylation is 1. The second-order valence-electron chi connectivity index (χ2n) is 5.08. The first kappa shape index (κ1) is 16.2. The van der Waals surface area contributed by atoms with Crippen molar-refractivity contribution in [1.29, 1.82) is 0 Å². The highest BCUT2D eigenvalue weighted by molar-refractivity contribution is 5.80. The number of likely N-dealkylation sites (N-methyl/N-ethyl adjacent to an activating group) is 1. The van der Waals surface area contributed by atoms with Gasteiger partial charge in [0.25, 0.3) is 0 Å². The number of carboxylic acid groups (broad SMARTS) is 1. The molecule has 0 aliphatic rings. The SMILES string of the molecule is Cc1ccccc1C(C)NC(=O)CN(C)C(C)C(=O)O. The molecule has 5 heteroatoms. The van der Waals surface area contributed by atoms with Crippen molar-refractivity contribution < 1.29 is 14.7 Å². The number of carbonyl (C=O) groups is 2. The number of nitrogens with one attached hydrogen (secondary N) is 1. The van der Waals surface area contributed by atoms with Crippen LogP contribution in [0.25, 0.3) is 0 Å². The largest absolute Gasteiger partial charge is 0.480 e. The van der Waals surface area contributed by atoms with Gasteiger partial charge < -0.3 is 10.4 Å². The average Bonchev–Trinajstić information content (AvgIpc) is 2.37. The van der Waals surface area contributed by atoms with Crippen LogP contribution in [-0.4, -0.2) is 41.5 Å². The number of nitrogens with zero attached hydrogens (tertiary/aromatic N) is 1. The second kappa shape index (κ2) is 7.05. The van der Waals surface area contributed by atoms with Crippen LogP contribution in [0.2, 0.25) is 0 Å². The molecule has 0 heterocycles. The van der Waals surface area contributed by atoms with E-state index in [0.717, 1.165) is 11.1 Å². The van der Waals surface area contributed by atoms with Crippen LogP contribution in [0.5, 0.6) is 0 Å². The fraction of sp³-hybridized carbons (Fsp3) is 0.467. The third-order valence-corrected chi connectivity index (χ3v) is 3.44. The molecule has 5 nitrogen and oxygen atoms in total. The molecule has 0 bridgehead atoms. The zero-order valence-corrected chi connectivity index (χ0v) is 12.4. The molecule has 2 N–H and O–H groups in total. The summed E-state index contributed by atoms with van der Waals surface area (Å²) >= 11 is 0. The van der Waals surface area contributed by atoms with Crippen LogP contribution in [0.3, 0.4) is 0 Å². The highest BCUT2D eigenvalue weighted by Crippen LogP contribution is 2.16. The van der Waals surface area contributed by atoms with Gasteiger partial charge >= 0.3 is 5.97 Å². The number of carbonyl (C=O) groups excluding carboxylic acids is 1. The highest BCUT2D eigenvalue weighted by atomic mass is 16.4. The Morgan fingerprint density at radius 1 is 1.30 bits per heavy atom. The van der Waals surface area contributed by atoms with Crippen molar-refractivity contribution >= 4 is 11.9 Å². The number of carboxylic acids is 1. The summed E-state index contributed by atoms with van der Waals surface area (Å²) in [5.74, 6) is -1.12. The van der Waals surface area contributed by atoms with Crippen LogP contribution in [0.15, 0.2) is 24.3 Å². The van der Waals surface area contributed by atoms with Crippen molar-refractivity contribution in [1.82, 2.24) is 10.2 Å². The molecule has 0 aliphatic heterocycles. The maximum Gasteiger partial charge on any atom is 0.320 e. The fourth-order valence-corrected chi connectivity index (χ4v) is 1.99. The maximum absolute atomic E-state index is 11.9. The molecule has 1 aromatic carbocycles. The van der Waals surface area contributed by atoms with Gasteiger partial charge in [-0.25, -0.2) is 0 Å². The van der Waals surface area contributed by atoms with Gasteiger partial charge in [0.1, 0.15) is 6.04 Å². The van der Waals surface area contributed by atoms with Crippen LogP contribution in [0, 0.1) is 6.92 Å². The summed E-state index contributed by atoms with van der Waals surface area (Å²) in [5.41, 5.74) is 2.18. The predicted molar refractivity (Wildman–Crippen MR) is 77.5 cm³/mol. The molecule has 0 aliphatic carbocycles. The van der Waals surface area contributed by atoms with Gasteiger partial charge in [-0.05, 0) is 38.9 Å². The maximum atomic E-state index is 11.9. The van der Waals surface area contributed by atoms with Gasteiger partial charge in [0.15, 0.2) is 0 Å². The Kier molecular flexibility index (Phi) is 5.70. The molecule has 2 atom stereocenters. The Balaban J connectivity index is 2.59. The molecule has 0 saturated heterocycles. The zero-order chi connectivity index (χ0) is 15.3. The Morgan fingerprint density at radius 3 is 2.45 bits per heavy atom. The molecule has 20 heavy (non-hydrogen) atoms. The summed E-state index contributed by atoms with van der Waals surface area (Å²) in [6, 6.07) is 7.08. The number of aliphatic carboxylic acids is 1. The molecule has 0 radical (unpaired) electrons. The normalized spacial score (nSPS) is 13.8. The predicted octanol–water partition coefficient (Wildman–Crippen LogP) is 1.58. The molecule has 2 unspecified atom stereocenters. The van der Waals surface area contributed by atoms with Gasteiger partial charge in [0, 0.05) is 0 Å². The van der Waals surface area contributed by atoms with Crippen molar-refractivity contribution in [3.05, 3.63) is 35.4 Å². The van der Waals surface area contributed by atoms with Gasteiger partial charge in [-0.2, -0.15) is 0 Å². The zero-order valence-electron chi connectivity index (χ0n) is 12.4. The standard InChI is InChI=1S/C15H22N2O3/c1-10-7-5-6-8-13(10)11(2)16-14(18)9-17(4)12(3)15(19)20/h5-8,11-12H,9H2,1-4H3,(H,16,18)(H,19,20). The Hall–Kier alpha value is -1.88. The quantitative estimate of drug-likeness (QED) is 0.829. The van der Waals surface area contributed by atoms with E-state index in [1.54, 1.807) is 14.0 Å². The lowest BCUT2D eigenvalue weighted by atomic mass is 10.0. The number of amides is 1. The fourth-order valence-electron chi connectivity index (χ4n) is 1.99. The third kappa shape index (κ3) is 4.35. The highest BCUT2D eigenvalue weighted by Gasteiger charge is 2.20. The lowest BCUT2D eigenvalue weighted by Gasteiger charge is -2.22. The number of rotatable bonds is 6. The van der Waals surface area contributed by atoms with E-state index in [1.807, 2.05) is 38.1 Å². The number of benzene rings is 1. The van der Waals surface area contributed by atoms with E-state index in [1.165, 1.54) is 4.90 Å². The van der Waals surface area contributed by atoms with E-state index >= 15 is 0 Å². The van der Waals surface area contributed by atoms with E-state index in [9.17, 15) is 9.59 Å². The molecular weight excluding hydrogens is 256 g/mol. The van der Waals surface area contributed by atoms with Crippen LogP contribution in [-0.2, 0) is 9.59 Å². The van der Waals surface area contributed by atoms with Crippen molar-refractivity contribution in [2.24, 2.45) is 0 Å². The summed E-state index contributed by atoms with van der Waals surface area (Å²) in [7, 11) is 1.62. The van der Waals surface area contributed by atoms with Gasteiger partial charge in [0.05, 0.1) is 12.6 Å². The van der Waals surface area contributed by atoms with Crippen molar-refractivity contribution in [3.63, 3.8) is 0 Å². The first-order valence-electron chi connectivity index (χ1n) is 6.61. The molecule has 0 aromatic heterocycles. The Bertz CT molecular complexity index is 488. The summed E-state index contributed by atoms with van der Waals surface area (Å²) in [6.45, 7) is 5.53. The Morgan fingerprint density at radius 2 is 1.90 bits per heavy atom. The number of hydrogen-bond donors (Lipinski definition) is 2. The van der Waals surface area contributed by atoms with Crippen molar-refractivity contribution in [2.75, 3.05) is 13.6 Å². The molecule has 0 saturated carbocycles. The minimum atomic E-state index is -0.938. The third-order valence-electron chi connectivity index (χ3n) is 3.44. The van der Waals surface area contributed by atoms with Crippen LogP contribution in [0.4, 0.5) is 0 Å². The minimum absolute atomic E-state index is 0.0592. The lowest BCUT2D eigenvalue weighted by Crippen LogP contribution is -2.43. The van der Waals surface area contributed by atoms with Gasteiger partial charge in [-0.3, -0.25) is 14.5 Å². The minimum Gasteiger partial charge on any atom is -0.480 e. The smallest absolute Gasteiger partial charge is 0.320 e. The van der Waals surface area contributed by atoms with E-state index in [0.29, 0.717) is 0 Å². The van der Waals surface area contributed by atoms with Gasteiger partial charge in [-0.1, -0.05) is 24.3 Å². The molecule has 0 spiro atoms. The summed E-state index contributed by atoms with van der Waals surface area (Å²) in [4.78, 5) is 24.3. The molecular formula is C15H22N2O3. The van der Waals surface area contributed by atoms with Crippen LogP contribution < -0.4 is 5.32 Å². The van der Waals surface area contributed by atoms with Crippen molar-refractivity contribution in [3.8, 4) is 0 Å². The summed E-state index contributed by atoms with van der Waals surface area (Å²) < 4.78 is 0. The van der Waals surface area contributed by atoms with E-state index < -0.39 is 12.0 Å². The van der Waals surface area contributed by atoms with Crippen molar-refractivity contribution in [2.45, 2.75) is 32.9 Å². The topological polar surface area (TPSA) is 69.6 Å².